The normalized spacial score (nSPS) is 19.5. The van der Waals surface area contributed by atoms with E-state index in [0.717, 1.165) is 17.3 Å². The number of hydrazine groups is 1. The molecule has 0 amide bonds. The second-order valence-corrected chi connectivity index (χ2v) is 6.78. The summed E-state index contributed by atoms with van der Waals surface area (Å²) in [5.41, 5.74) is 3.66. The maximum atomic E-state index is 14.0. The van der Waals surface area contributed by atoms with Crippen molar-refractivity contribution in [3.05, 3.63) is 34.1 Å². The van der Waals surface area contributed by atoms with E-state index in [9.17, 15) is 4.39 Å². The minimum absolute atomic E-state index is 0.0174. The van der Waals surface area contributed by atoms with Crippen molar-refractivity contribution in [3.8, 4) is 0 Å². The van der Waals surface area contributed by atoms with E-state index in [0.29, 0.717) is 12.0 Å². The number of nitrogens with one attached hydrogen (secondary N) is 1. The number of hydrogen-bond acceptors (Lipinski definition) is 3. The molecule has 0 spiro atoms. The average molecular weight is 344 g/mol. The van der Waals surface area contributed by atoms with Gasteiger partial charge in [0.1, 0.15) is 5.82 Å². The van der Waals surface area contributed by atoms with Crippen LogP contribution in [0, 0.1) is 5.82 Å². The smallest absolute Gasteiger partial charge is 0.126 e. The highest BCUT2D eigenvalue weighted by Gasteiger charge is 2.42. The third-order valence-corrected chi connectivity index (χ3v) is 5.13. The fourth-order valence-electron chi connectivity index (χ4n) is 3.42. The summed E-state index contributed by atoms with van der Waals surface area (Å²) in [4.78, 5) is 2.25. The first kappa shape index (κ1) is 15.9. The Morgan fingerprint density at radius 3 is 2.60 bits per heavy atom. The van der Waals surface area contributed by atoms with Crippen LogP contribution in [0.25, 0.3) is 0 Å². The summed E-state index contributed by atoms with van der Waals surface area (Å²) >= 11 is 3.41. The predicted molar refractivity (Wildman–Crippen MR) is 83.8 cm³/mol. The van der Waals surface area contributed by atoms with Crippen LogP contribution in [0.2, 0.25) is 0 Å². The molecule has 0 bridgehead atoms. The van der Waals surface area contributed by atoms with Gasteiger partial charge in [-0.05, 0) is 57.1 Å². The largest absolute Gasteiger partial charge is 0.302 e. The number of rotatable bonds is 5. The van der Waals surface area contributed by atoms with Crippen LogP contribution in [0.15, 0.2) is 22.7 Å². The molecule has 1 aromatic rings. The molecule has 1 atom stereocenters. The maximum Gasteiger partial charge on any atom is 0.126 e. The minimum atomic E-state index is -0.166. The van der Waals surface area contributed by atoms with Crippen LogP contribution in [-0.4, -0.2) is 30.6 Å². The fourth-order valence-corrected chi connectivity index (χ4v) is 3.83. The van der Waals surface area contributed by atoms with E-state index in [2.05, 4.69) is 40.4 Å². The van der Waals surface area contributed by atoms with Crippen molar-refractivity contribution >= 4 is 15.9 Å². The monoisotopic (exact) mass is 343 g/mol. The summed E-state index contributed by atoms with van der Waals surface area (Å²) in [5.74, 6) is 5.63. The Morgan fingerprint density at radius 2 is 2.05 bits per heavy atom. The molecule has 5 heteroatoms. The molecule has 0 heterocycles. The molecular weight excluding hydrogens is 321 g/mol. The standard InChI is InChI=1S/C15H23BrFN3/c1-20(2)15(7-3-4-8-15)14(19-18)10-11-9-12(16)5-6-13(11)17/h5-6,9,14,19H,3-4,7-8,10,18H2,1-2H3. The fraction of sp³-hybridized carbons (Fsp3) is 0.600. The Kier molecular flexibility index (Phi) is 5.18. The van der Waals surface area contributed by atoms with Gasteiger partial charge in [-0.15, -0.1) is 0 Å². The Morgan fingerprint density at radius 1 is 1.40 bits per heavy atom. The van der Waals surface area contributed by atoms with Gasteiger partial charge in [0, 0.05) is 16.1 Å². The van der Waals surface area contributed by atoms with Gasteiger partial charge in [0.05, 0.1) is 0 Å². The van der Waals surface area contributed by atoms with E-state index in [1.54, 1.807) is 6.07 Å². The SMILES string of the molecule is CN(C)C1(C(Cc2cc(Br)ccc2F)NN)CCCC1. The highest BCUT2D eigenvalue weighted by Crippen LogP contribution is 2.38. The van der Waals surface area contributed by atoms with Crippen LogP contribution in [-0.2, 0) is 6.42 Å². The summed E-state index contributed by atoms with van der Waals surface area (Å²) in [5, 5.41) is 0. The average Bonchev–Trinajstić information content (AvgIpc) is 2.90. The summed E-state index contributed by atoms with van der Waals surface area (Å²) in [6.45, 7) is 0. The molecule has 1 aliphatic carbocycles. The first-order valence-corrected chi connectivity index (χ1v) is 7.86. The Labute approximate surface area is 128 Å². The van der Waals surface area contributed by atoms with Gasteiger partial charge in [-0.1, -0.05) is 28.8 Å². The van der Waals surface area contributed by atoms with Crippen molar-refractivity contribution in [2.24, 2.45) is 5.84 Å². The Hall–Kier alpha value is -0.490. The zero-order chi connectivity index (χ0) is 14.8. The highest BCUT2D eigenvalue weighted by atomic mass is 79.9. The zero-order valence-electron chi connectivity index (χ0n) is 12.1. The first-order chi connectivity index (χ1) is 9.49. The van der Waals surface area contributed by atoms with Gasteiger partial charge in [-0.2, -0.15) is 0 Å². The molecule has 112 valence electrons. The number of likely N-dealkylation sites (N-methyl/N-ethyl adjacent to an activating group) is 1. The minimum Gasteiger partial charge on any atom is -0.302 e. The van der Waals surface area contributed by atoms with E-state index in [4.69, 9.17) is 5.84 Å². The summed E-state index contributed by atoms with van der Waals surface area (Å²) in [7, 11) is 4.18. The van der Waals surface area contributed by atoms with E-state index < -0.39 is 0 Å². The molecule has 3 nitrogen and oxygen atoms in total. The topological polar surface area (TPSA) is 41.3 Å². The van der Waals surface area contributed by atoms with Crippen LogP contribution in [0.3, 0.4) is 0 Å². The third-order valence-electron chi connectivity index (χ3n) is 4.64. The molecule has 0 radical (unpaired) electrons. The number of benzene rings is 1. The van der Waals surface area contributed by atoms with Gasteiger partial charge in [-0.25, -0.2) is 4.39 Å². The number of hydrogen-bond donors (Lipinski definition) is 2. The van der Waals surface area contributed by atoms with E-state index in [1.165, 1.54) is 18.9 Å². The van der Waals surface area contributed by atoms with Crippen LogP contribution in [0.5, 0.6) is 0 Å². The number of nitrogens with zero attached hydrogens (tertiary/aromatic N) is 1. The van der Waals surface area contributed by atoms with Crippen molar-refractivity contribution < 1.29 is 4.39 Å². The van der Waals surface area contributed by atoms with Crippen molar-refractivity contribution in [1.29, 1.82) is 0 Å². The molecular formula is C15H23BrFN3. The second-order valence-electron chi connectivity index (χ2n) is 5.86. The lowest BCUT2D eigenvalue weighted by Crippen LogP contribution is -2.60. The van der Waals surface area contributed by atoms with Crippen molar-refractivity contribution in [1.82, 2.24) is 10.3 Å². The molecule has 1 aliphatic rings. The summed E-state index contributed by atoms with van der Waals surface area (Å²) in [6.07, 6.45) is 5.21. The molecule has 0 aliphatic heterocycles. The molecule has 1 saturated carbocycles. The Balaban J connectivity index is 2.26. The van der Waals surface area contributed by atoms with Crippen LogP contribution < -0.4 is 11.3 Å². The van der Waals surface area contributed by atoms with Gasteiger partial charge in [0.2, 0.25) is 0 Å². The molecule has 3 N–H and O–H groups in total. The lowest BCUT2D eigenvalue weighted by atomic mass is 9.83. The van der Waals surface area contributed by atoms with Crippen molar-refractivity contribution in [2.45, 2.75) is 43.7 Å². The maximum absolute atomic E-state index is 14.0. The van der Waals surface area contributed by atoms with Crippen molar-refractivity contribution in [2.75, 3.05) is 14.1 Å². The number of halogens is 2. The Bertz CT molecular complexity index is 458. The van der Waals surface area contributed by atoms with Gasteiger partial charge < -0.3 is 4.90 Å². The van der Waals surface area contributed by atoms with Crippen molar-refractivity contribution in [3.63, 3.8) is 0 Å². The summed E-state index contributed by atoms with van der Waals surface area (Å²) < 4.78 is 14.9. The molecule has 2 rings (SSSR count). The summed E-state index contributed by atoms with van der Waals surface area (Å²) in [6, 6.07) is 5.12. The quantitative estimate of drug-likeness (QED) is 0.638. The molecule has 1 fully saturated rings. The second kappa shape index (κ2) is 6.52. The zero-order valence-corrected chi connectivity index (χ0v) is 13.7. The molecule has 1 unspecified atom stereocenters. The lowest BCUT2D eigenvalue weighted by Gasteiger charge is -2.43. The highest BCUT2D eigenvalue weighted by molar-refractivity contribution is 9.10. The number of nitrogens with two attached hydrogens (primary N) is 1. The predicted octanol–water partition coefficient (Wildman–Crippen LogP) is 2.84. The van der Waals surface area contributed by atoms with Crippen LogP contribution in [0.4, 0.5) is 4.39 Å². The van der Waals surface area contributed by atoms with Gasteiger partial charge in [-0.3, -0.25) is 11.3 Å². The lowest BCUT2D eigenvalue weighted by molar-refractivity contribution is 0.104. The van der Waals surface area contributed by atoms with Crippen LogP contribution in [0.1, 0.15) is 31.2 Å². The van der Waals surface area contributed by atoms with Crippen LogP contribution >= 0.6 is 15.9 Å². The molecule has 20 heavy (non-hydrogen) atoms. The van der Waals surface area contributed by atoms with Gasteiger partial charge >= 0.3 is 0 Å². The van der Waals surface area contributed by atoms with E-state index >= 15 is 0 Å². The first-order valence-electron chi connectivity index (χ1n) is 7.07. The third kappa shape index (κ3) is 3.06. The van der Waals surface area contributed by atoms with Gasteiger partial charge in [0.15, 0.2) is 0 Å². The molecule has 1 aromatic carbocycles. The van der Waals surface area contributed by atoms with Gasteiger partial charge in [0.25, 0.3) is 0 Å². The van der Waals surface area contributed by atoms with E-state index in [1.807, 2.05) is 6.07 Å². The molecule has 0 saturated heterocycles. The van der Waals surface area contributed by atoms with E-state index in [-0.39, 0.29) is 17.4 Å². The molecule has 0 aromatic heterocycles.